The van der Waals surface area contributed by atoms with E-state index in [4.69, 9.17) is 0 Å². The van der Waals surface area contributed by atoms with Gasteiger partial charge in [0.1, 0.15) is 12.8 Å². The predicted molar refractivity (Wildman–Crippen MR) is 58.4 cm³/mol. The number of rotatable bonds is 4. The molecule has 1 aromatic heterocycles. The van der Waals surface area contributed by atoms with E-state index in [0.717, 1.165) is 5.69 Å². The fraction of sp³-hybridized carbons (Fsp3) is 0.182. The van der Waals surface area contributed by atoms with E-state index in [1.54, 1.807) is 19.2 Å². The molecule has 1 heterocycles. The molecule has 0 bridgehead atoms. The van der Waals surface area contributed by atoms with Crippen LogP contribution in [0.25, 0.3) is 6.08 Å². The zero-order valence-electron chi connectivity index (χ0n) is 8.68. The van der Waals surface area contributed by atoms with Gasteiger partial charge in [-0.25, -0.2) is 0 Å². The van der Waals surface area contributed by atoms with Crippen molar-refractivity contribution >= 4 is 17.6 Å². The number of carbonyl (C=O) groups is 1. The van der Waals surface area contributed by atoms with E-state index in [-0.39, 0.29) is 5.78 Å². The van der Waals surface area contributed by atoms with Crippen molar-refractivity contribution in [1.82, 2.24) is 4.98 Å². The van der Waals surface area contributed by atoms with E-state index in [2.05, 4.69) is 15.0 Å². The fourth-order valence-electron chi connectivity index (χ4n) is 0.938. The molecule has 0 amide bonds. The molecule has 4 heteroatoms. The van der Waals surface area contributed by atoms with Crippen molar-refractivity contribution in [1.29, 1.82) is 0 Å². The number of pyridine rings is 1. The second-order valence-corrected chi connectivity index (χ2v) is 2.81. The van der Waals surface area contributed by atoms with Crippen LogP contribution in [0.5, 0.6) is 0 Å². The summed E-state index contributed by atoms with van der Waals surface area (Å²) in [6, 6.07) is 5.48. The molecule has 0 fully saturated rings. The SMILES string of the molecule is CO/N=C(\C)C(=O)/C=C/c1ccccn1. The van der Waals surface area contributed by atoms with Crippen LogP contribution in [0, 0.1) is 0 Å². The lowest BCUT2D eigenvalue weighted by Crippen LogP contribution is -2.06. The number of aromatic nitrogens is 1. The number of nitrogens with zero attached hydrogens (tertiary/aromatic N) is 2. The average molecular weight is 204 g/mol. The molecule has 0 aromatic carbocycles. The summed E-state index contributed by atoms with van der Waals surface area (Å²) in [6.07, 6.45) is 4.72. The predicted octanol–water partition coefficient (Wildman–Crippen LogP) is 1.69. The van der Waals surface area contributed by atoms with Crippen molar-refractivity contribution in [3.05, 3.63) is 36.2 Å². The molecule has 15 heavy (non-hydrogen) atoms. The van der Waals surface area contributed by atoms with Crippen LogP contribution in [0.2, 0.25) is 0 Å². The second-order valence-electron chi connectivity index (χ2n) is 2.81. The molecule has 1 aromatic rings. The molecule has 0 N–H and O–H groups in total. The monoisotopic (exact) mass is 204 g/mol. The van der Waals surface area contributed by atoms with E-state index in [9.17, 15) is 4.79 Å². The number of hydrogen-bond acceptors (Lipinski definition) is 4. The van der Waals surface area contributed by atoms with Gasteiger partial charge >= 0.3 is 0 Å². The summed E-state index contributed by atoms with van der Waals surface area (Å²) in [5.41, 5.74) is 1.04. The van der Waals surface area contributed by atoms with Crippen LogP contribution in [-0.2, 0) is 9.63 Å². The lowest BCUT2D eigenvalue weighted by molar-refractivity contribution is -0.109. The molecule has 0 atom stereocenters. The maximum Gasteiger partial charge on any atom is 0.203 e. The first-order valence-corrected chi connectivity index (χ1v) is 4.45. The third-order valence-electron chi connectivity index (χ3n) is 1.68. The molecule has 0 aliphatic carbocycles. The highest BCUT2D eigenvalue weighted by Crippen LogP contribution is 1.97. The first-order chi connectivity index (χ1) is 7.24. The molecule has 0 saturated carbocycles. The topological polar surface area (TPSA) is 51.5 Å². The molecule has 0 unspecified atom stereocenters. The van der Waals surface area contributed by atoms with Gasteiger partial charge in [-0.05, 0) is 31.2 Å². The Bertz CT molecular complexity index is 383. The third-order valence-corrected chi connectivity index (χ3v) is 1.68. The number of ketones is 1. The Labute approximate surface area is 88.3 Å². The minimum Gasteiger partial charge on any atom is -0.399 e. The number of oxime groups is 1. The van der Waals surface area contributed by atoms with Crippen molar-refractivity contribution in [3.8, 4) is 0 Å². The molecular formula is C11H12N2O2. The van der Waals surface area contributed by atoms with E-state index < -0.39 is 0 Å². The quantitative estimate of drug-likeness (QED) is 0.426. The van der Waals surface area contributed by atoms with Gasteiger partial charge in [-0.3, -0.25) is 9.78 Å². The zero-order chi connectivity index (χ0) is 11.1. The van der Waals surface area contributed by atoms with Crippen LogP contribution in [0.3, 0.4) is 0 Å². The maximum atomic E-state index is 11.4. The van der Waals surface area contributed by atoms with Gasteiger partial charge < -0.3 is 4.84 Å². The smallest absolute Gasteiger partial charge is 0.203 e. The molecule has 0 saturated heterocycles. The number of carbonyl (C=O) groups excluding carboxylic acids is 1. The Hall–Kier alpha value is -1.97. The van der Waals surface area contributed by atoms with Gasteiger partial charge in [0, 0.05) is 6.20 Å². The fourth-order valence-corrected chi connectivity index (χ4v) is 0.938. The van der Waals surface area contributed by atoms with Gasteiger partial charge in [0.25, 0.3) is 0 Å². The van der Waals surface area contributed by atoms with Crippen LogP contribution in [-0.4, -0.2) is 23.6 Å². The Morgan fingerprint density at radius 1 is 1.53 bits per heavy atom. The van der Waals surface area contributed by atoms with Gasteiger partial charge in [-0.2, -0.15) is 0 Å². The second kappa shape index (κ2) is 5.70. The first kappa shape index (κ1) is 11.1. The summed E-state index contributed by atoms with van der Waals surface area (Å²) in [5.74, 6) is -0.192. The normalized spacial score (nSPS) is 11.7. The first-order valence-electron chi connectivity index (χ1n) is 4.45. The van der Waals surface area contributed by atoms with E-state index in [1.807, 2.05) is 18.2 Å². The standard InChI is InChI=1S/C11H12N2O2/c1-9(13-15-2)11(14)7-6-10-5-3-4-8-12-10/h3-8H,1-2H3/b7-6+,13-9+. The average Bonchev–Trinajstić information content (AvgIpc) is 2.27. The van der Waals surface area contributed by atoms with Crippen LogP contribution in [0.1, 0.15) is 12.6 Å². The Kier molecular flexibility index (Phi) is 4.22. The number of hydrogen-bond donors (Lipinski definition) is 0. The highest BCUT2D eigenvalue weighted by atomic mass is 16.6. The lowest BCUT2D eigenvalue weighted by Gasteiger charge is -1.93. The van der Waals surface area contributed by atoms with Crippen molar-refractivity contribution in [2.75, 3.05) is 7.11 Å². The van der Waals surface area contributed by atoms with Crippen molar-refractivity contribution in [3.63, 3.8) is 0 Å². The summed E-state index contributed by atoms with van der Waals surface area (Å²) < 4.78 is 0. The molecule has 1 rings (SSSR count). The van der Waals surface area contributed by atoms with Crippen LogP contribution in [0.15, 0.2) is 35.6 Å². The minimum atomic E-state index is -0.192. The zero-order valence-corrected chi connectivity index (χ0v) is 8.68. The summed E-state index contributed by atoms with van der Waals surface area (Å²) in [5, 5.41) is 3.53. The molecule has 4 nitrogen and oxygen atoms in total. The molecular weight excluding hydrogens is 192 g/mol. The van der Waals surface area contributed by atoms with E-state index >= 15 is 0 Å². The van der Waals surface area contributed by atoms with Crippen molar-refractivity contribution in [2.45, 2.75) is 6.92 Å². The van der Waals surface area contributed by atoms with Gasteiger partial charge in [-0.1, -0.05) is 11.2 Å². The largest absolute Gasteiger partial charge is 0.399 e. The van der Waals surface area contributed by atoms with E-state index in [0.29, 0.717) is 5.71 Å². The van der Waals surface area contributed by atoms with Gasteiger partial charge in [-0.15, -0.1) is 0 Å². The van der Waals surface area contributed by atoms with E-state index in [1.165, 1.54) is 13.2 Å². The Morgan fingerprint density at radius 2 is 2.33 bits per heavy atom. The van der Waals surface area contributed by atoms with Crippen LogP contribution < -0.4 is 0 Å². The third kappa shape index (κ3) is 3.72. The molecule has 0 radical (unpaired) electrons. The highest BCUT2D eigenvalue weighted by Gasteiger charge is 2.01. The maximum absolute atomic E-state index is 11.4. The summed E-state index contributed by atoms with van der Waals surface area (Å²) in [6.45, 7) is 1.59. The lowest BCUT2D eigenvalue weighted by atomic mass is 10.2. The highest BCUT2D eigenvalue weighted by molar-refractivity contribution is 6.43. The van der Waals surface area contributed by atoms with Gasteiger partial charge in [0.05, 0.1) is 5.69 Å². The summed E-state index contributed by atoms with van der Waals surface area (Å²) in [4.78, 5) is 19.9. The molecule has 78 valence electrons. The van der Waals surface area contributed by atoms with Gasteiger partial charge in [0.15, 0.2) is 0 Å². The summed E-state index contributed by atoms with van der Waals surface area (Å²) >= 11 is 0. The summed E-state index contributed by atoms with van der Waals surface area (Å²) in [7, 11) is 1.40. The Balaban J connectivity index is 2.67. The van der Waals surface area contributed by atoms with Crippen LogP contribution >= 0.6 is 0 Å². The van der Waals surface area contributed by atoms with Gasteiger partial charge in [0.2, 0.25) is 5.78 Å². The van der Waals surface area contributed by atoms with Crippen molar-refractivity contribution < 1.29 is 9.63 Å². The minimum absolute atomic E-state index is 0.192. The Morgan fingerprint density at radius 3 is 2.93 bits per heavy atom. The molecule has 0 spiro atoms. The molecule has 0 aliphatic heterocycles. The van der Waals surface area contributed by atoms with Crippen LogP contribution in [0.4, 0.5) is 0 Å². The number of allylic oxidation sites excluding steroid dienone is 1. The molecule has 0 aliphatic rings. The van der Waals surface area contributed by atoms with Crippen molar-refractivity contribution in [2.24, 2.45) is 5.16 Å².